The molecule has 4 nitrogen and oxygen atoms in total. The summed E-state index contributed by atoms with van der Waals surface area (Å²) in [4.78, 5) is 21.8. The van der Waals surface area contributed by atoms with Gasteiger partial charge in [0.1, 0.15) is 0 Å². The highest BCUT2D eigenvalue weighted by molar-refractivity contribution is 5.81. The minimum atomic E-state index is -0.263. The average molecular weight is 270 g/mol. The molecule has 110 valence electrons. The Balaban J connectivity index is 3.54. The molecule has 0 bridgehead atoms. The highest BCUT2D eigenvalue weighted by Crippen LogP contribution is 2.10. The van der Waals surface area contributed by atoms with Gasteiger partial charge in [-0.05, 0) is 31.6 Å². The number of hydrogen-bond donors (Lipinski definition) is 0. The van der Waals surface area contributed by atoms with E-state index in [1.165, 1.54) is 13.0 Å². The van der Waals surface area contributed by atoms with Crippen LogP contribution in [0.1, 0.15) is 52.9 Å². The molecule has 0 saturated heterocycles. The van der Waals surface area contributed by atoms with E-state index in [0.29, 0.717) is 19.1 Å². The number of carbonyl (C=O) groups is 2. The molecule has 0 aromatic rings. The molecule has 0 N–H and O–H groups in total. The fourth-order valence-corrected chi connectivity index (χ4v) is 1.47. The Morgan fingerprint density at radius 3 is 2.53 bits per heavy atom. The second-order valence-electron chi connectivity index (χ2n) is 4.73. The maximum Gasteiger partial charge on any atom is 0.330 e. The number of esters is 2. The van der Waals surface area contributed by atoms with Crippen molar-refractivity contribution in [1.82, 2.24) is 0 Å². The van der Waals surface area contributed by atoms with Crippen LogP contribution < -0.4 is 0 Å². The van der Waals surface area contributed by atoms with E-state index in [2.05, 4.69) is 13.8 Å². The first-order valence-corrected chi connectivity index (χ1v) is 7.03. The fraction of sp³-hybridized carbons (Fsp3) is 0.733. The summed E-state index contributed by atoms with van der Waals surface area (Å²) in [6, 6.07) is 0. The van der Waals surface area contributed by atoms with Gasteiger partial charge in [-0.2, -0.15) is 0 Å². The molecule has 1 unspecified atom stereocenters. The van der Waals surface area contributed by atoms with Crippen molar-refractivity contribution in [3.63, 3.8) is 0 Å². The average Bonchev–Trinajstić information content (AvgIpc) is 2.34. The van der Waals surface area contributed by atoms with Crippen molar-refractivity contribution in [2.45, 2.75) is 52.9 Å². The van der Waals surface area contributed by atoms with Crippen LogP contribution in [-0.2, 0) is 19.1 Å². The topological polar surface area (TPSA) is 52.6 Å². The van der Waals surface area contributed by atoms with Crippen molar-refractivity contribution in [2.24, 2.45) is 5.92 Å². The SMILES string of the molecule is CCCCOC(=O)/C=C/CCC(C)CCOC(C)=O. The molecule has 0 amide bonds. The van der Waals surface area contributed by atoms with Crippen molar-refractivity contribution in [3.05, 3.63) is 12.2 Å². The Hall–Kier alpha value is -1.32. The number of allylic oxidation sites excluding steroid dienone is 1. The number of hydrogen-bond acceptors (Lipinski definition) is 4. The van der Waals surface area contributed by atoms with Crippen LogP contribution in [0, 0.1) is 5.92 Å². The van der Waals surface area contributed by atoms with Crippen LogP contribution in [0.5, 0.6) is 0 Å². The molecule has 0 heterocycles. The van der Waals surface area contributed by atoms with Gasteiger partial charge in [0, 0.05) is 13.0 Å². The van der Waals surface area contributed by atoms with E-state index in [0.717, 1.165) is 32.1 Å². The smallest absolute Gasteiger partial charge is 0.330 e. The van der Waals surface area contributed by atoms with Crippen LogP contribution in [-0.4, -0.2) is 25.2 Å². The normalized spacial score (nSPS) is 12.4. The zero-order chi connectivity index (χ0) is 14.5. The molecule has 0 radical (unpaired) electrons. The lowest BCUT2D eigenvalue weighted by Crippen LogP contribution is -2.05. The summed E-state index contributed by atoms with van der Waals surface area (Å²) in [5, 5.41) is 0. The van der Waals surface area contributed by atoms with Crippen molar-refractivity contribution in [3.8, 4) is 0 Å². The van der Waals surface area contributed by atoms with Gasteiger partial charge in [-0.15, -0.1) is 0 Å². The molecule has 0 spiro atoms. The summed E-state index contributed by atoms with van der Waals surface area (Å²) in [5.74, 6) is -0.0250. The van der Waals surface area contributed by atoms with Crippen molar-refractivity contribution in [1.29, 1.82) is 0 Å². The van der Waals surface area contributed by atoms with Crippen molar-refractivity contribution in [2.75, 3.05) is 13.2 Å². The predicted octanol–water partition coefficient (Wildman–Crippen LogP) is 3.26. The summed E-state index contributed by atoms with van der Waals surface area (Å²) in [6.07, 6.45) is 7.94. The molecule has 19 heavy (non-hydrogen) atoms. The molecule has 1 atom stereocenters. The standard InChI is InChI=1S/C15H26O4/c1-4-5-11-19-15(17)9-7-6-8-13(2)10-12-18-14(3)16/h7,9,13H,4-6,8,10-12H2,1-3H3/b9-7+. The van der Waals surface area contributed by atoms with Gasteiger partial charge in [0.2, 0.25) is 0 Å². The van der Waals surface area contributed by atoms with E-state index in [-0.39, 0.29) is 11.9 Å². The van der Waals surface area contributed by atoms with E-state index in [1.54, 1.807) is 0 Å². The summed E-state index contributed by atoms with van der Waals surface area (Å²) < 4.78 is 9.88. The molecular formula is C15H26O4. The van der Waals surface area contributed by atoms with Gasteiger partial charge in [0.15, 0.2) is 0 Å². The first-order chi connectivity index (χ1) is 9.06. The Morgan fingerprint density at radius 1 is 1.16 bits per heavy atom. The van der Waals surface area contributed by atoms with Gasteiger partial charge in [0.25, 0.3) is 0 Å². The van der Waals surface area contributed by atoms with E-state index < -0.39 is 0 Å². The Labute approximate surface area is 116 Å². The zero-order valence-electron chi connectivity index (χ0n) is 12.3. The third kappa shape index (κ3) is 12.9. The minimum absolute atomic E-state index is 0.234. The van der Waals surface area contributed by atoms with Crippen LogP contribution in [0.25, 0.3) is 0 Å². The first-order valence-electron chi connectivity index (χ1n) is 7.03. The highest BCUT2D eigenvalue weighted by Gasteiger charge is 2.02. The second-order valence-corrected chi connectivity index (χ2v) is 4.73. The molecule has 4 heteroatoms. The Bertz CT molecular complexity index is 284. The summed E-state index contributed by atoms with van der Waals surface area (Å²) >= 11 is 0. The van der Waals surface area contributed by atoms with Crippen LogP contribution in [0.2, 0.25) is 0 Å². The number of rotatable bonds is 10. The van der Waals surface area contributed by atoms with E-state index in [1.807, 2.05) is 6.08 Å². The molecule has 0 aliphatic heterocycles. The van der Waals surface area contributed by atoms with Crippen LogP contribution in [0.3, 0.4) is 0 Å². The van der Waals surface area contributed by atoms with Crippen LogP contribution in [0.15, 0.2) is 12.2 Å². The second kappa shape index (κ2) is 11.8. The predicted molar refractivity (Wildman–Crippen MR) is 74.7 cm³/mol. The van der Waals surface area contributed by atoms with Gasteiger partial charge in [-0.25, -0.2) is 4.79 Å². The van der Waals surface area contributed by atoms with Gasteiger partial charge in [-0.1, -0.05) is 26.3 Å². The number of unbranched alkanes of at least 4 members (excludes halogenated alkanes) is 1. The third-order valence-corrected chi connectivity index (χ3v) is 2.74. The van der Waals surface area contributed by atoms with Crippen molar-refractivity contribution < 1.29 is 19.1 Å². The molecule has 0 rings (SSSR count). The van der Waals surface area contributed by atoms with Gasteiger partial charge < -0.3 is 9.47 Å². The quantitative estimate of drug-likeness (QED) is 0.347. The minimum Gasteiger partial charge on any atom is -0.466 e. The molecule has 0 aromatic carbocycles. The van der Waals surface area contributed by atoms with Crippen LogP contribution >= 0.6 is 0 Å². The molecule has 0 aromatic heterocycles. The monoisotopic (exact) mass is 270 g/mol. The molecule has 0 aliphatic rings. The number of ether oxygens (including phenoxy) is 2. The lowest BCUT2D eigenvalue weighted by Gasteiger charge is -2.09. The van der Waals surface area contributed by atoms with Gasteiger partial charge in [-0.3, -0.25) is 4.79 Å². The van der Waals surface area contributed by atoms with E-state index in [9.17, 15) is 9.59 Å². The van der Waals surface area contributed by atoms with Gasteiger partial charge in [0.05, 0.1) is 13.2 Å². The van der Waals surface area contributed by atoms with Gasteiger partial charge >= 0.3 is 11.9 Å². The van der Waals surface area contributed by atoms with Crippen molar-refractivity contribution >= 4 is 11.9 Å². The zero-order valence-corrected chi connectivity index (χ0v) is 12.3. The molecule has 0 saturated carbocycles. The summed E-state index contributed by atoms with van der Waals surface area (Å²) in [5.41, 5.74) is 0. The Kier molecular flexibility index (Phi) is 10.9. The summed E-state index contributed by atoms with van der Waals surface area (Å²) in [7, 11) is 0. The van der Waals surface area contributed by atoms with E-state index in [4.69, 9.17) is 9.47 Å². The van der Waals surface area contributed by atoms with Crippen LogP contribution in [0.4, 0.5) is 0 Å². The fourth-order valence-electron chi connectivity index (χ4n) is 1.47. The van der Waals surface area contributed by atoms with E-state index >= 15 is 0 Å². The molecule has 0 fully saturated rings. The number of carbonyl (C=O) groups excluding carboxylic acids is 2. The lowest BCUT2D eigenvalue weighted by atomic mass is 10.0. The maximum atomic E-state index is 11.2. The third-order valence-electron chi connectivity index (χ3n) is 2.74. The maximum absolute atomic E-state index is 11.2. The first kappa shape index (κ1) is 17.7. The largest absolute Gasteiger partial charge is 0.466 e. The summed E-state index contributed by atoms with van der Waals surface area (Å²) in [6.45, 7) is 6.55. The molecule has 0 aliphatic carbocycles. The Morgan fingerprint density at radius 2 is 1.89 bits per heavy atom. The lowest BCUT2D eigenvalue weighted by molar-refractivity contribution is -0.141. The highest BCUT2D eigenvalue weighted by atomic mass is 16.5. The molecular weight excluding hydrogens is 244 g/mol.